The molecule has 0 aromatic heterocycles. The van der Waals surface area contributed by atoms with Crippen molar-refractivity contribution in [2.24, 2.45) is 0 Å². The Morgan fingerprint density at radius 1 is 1.12 bits per heavy atom. The molecule has 0 fully saturated rings. The first-order chi connectivity index (χ1) is 11.5. The predicted molar refractivity (Wildman–Crippen MR) is 94.5 cm³/mol. The lowest BCUT2D eigenvalue weighted by Crippen LogP contribution is -2.24. The Labute approximate surface area is 145 Å². The van der Waals surface area contributed by atoms with Gasteiger partial charge in [-0.2, -0.15) is 0 Å². The number of carbonyl (C=O) groups excluding carboxylic acids is 1. The average molecular weight is 347 g/mol. The molecular formula is C18H19ClN2O3. The summed E-state index contributed by atoms with van der Waals surface area (Å²) in [7, 11) is 0. The second-order valence-corrected chi connectivity index (χ2v) is 5.82. The van der Waals surface area contributed by atoms with E-state index in [-0.39, 0.29) is 16.3 Å². The molecule has 2 rings (SSSR count). The van der Waals surface area contributed by atoms with Crippen molar-refractivity contribution in [3.8, 4) is 0 Å². The van der Waals surface area contributed by atoms with Gasteiger partial charge in [0, 0.05) is 18.7 Å². The van der Waals surface area contributed by atoms with Gasteiger partial charge in [0.1, 0.15) is 0 Å². The zero-order valence-corrected chi connectivity index (χ0v) is 14.4. The van der Waals surface area contributed by atoms with Gasteiger partial charge in [0.15, 0.2) is 0 Å². The highest BCUT2D eigenvalue weighted by atomic mass is 35.5. The lowest BCUT2D eigenvalue weighted by molar-refractivity contribution is -0.384. The fourth-order valence-corrected chi connectivity index (χ4v) is 2.68. The summed E-state index contributed by atoms with van der Waals surface area (Å²) in [6, 6.07) is 10.1. The number of benzene rings is 2. The van der Waals surface area contributed by atoms with E-state index in [1.165, 1.54) is 23.8 Å². The number of nitro groups is 1. The molecule has 0 unspecified atom stereocenters. The zero-order valence-electron chi connectivity index (χ0n) is 13.6. The molecule has 0 radical (unpaired) electrons. The van der Waals surface area contributed by atoms with E-state index in [0.717, 1.165) is 24.0 Å². The van der Waals surface area contributed by atoms with E-state index < -0.39 is 10.8 Å². The molecule has 24 heavy (non-hydrogen) atoms. The Hall–Kier alpha value is -2.40. The van der Waals surface area contributed by atoms with Crippen LogP contribution < -0.4 is 5.32 Å². The van der Waals surface area contributed by atoms with Crippen LogP contribution in [0.5, 0.6) is 0 Å². The largest absolute Gasteiger partial charge is 0.348 e. The Balaban J connectivity index is 2.19. The Morgan fingerprint density at radius 3 is 2.50 bits per heavy atom. The maximum Gasteiger partial charge on any atom is 0.270 e. The van der Waals surface area contributed by atoms with Crippen LogP contribution >= 0.6 is 11.6 Å². The van der Waals surface area contributed by atoms with E-state index in [2.05, 4.69) is 37.4 Å². The molecule has 2 aromatic rings. The quantitative estimate of drug-likeness (QED) is 0.626. The smallest absolute Gasteiger partial charge is 0.270 e. The second-order valence-electron chi connectivity index (χ2n) is 5.41. The Bertz CT molecular complexity index is 775. The summed E-state index contributed by atoms with van der Waals surface area (Å²) in [5.41, 5.74) is 3.36. The van der Waals surface area contributed by atoms with Crippen LogP contribution in [0.3, 0.4) is 0 Å². The molecule has 0 atom stereocenters. The topological polar surface area (TPSA) is 72.2 Å². The molecule has 0 heterocycles. The third kappa shape index (κ3) is 4.11. The average Bonchev–Trinajstić information content (AvgIpc) is 2.59. The summed E-state index contributed by atoms with van der Waals surface area (Å²) in [6.07, 6.45) is 1.79. The van der Waals surface area contributed by atoms with Gasteiger partial charge < -0.3 is 5.32 Å². The SMILES string of the molecule is CCc1ccc(CC)c(CNC(=O)c2cc([N+](=O)[O-])ccc2Cl)c1. The molecule has 0 aliphatic rings. The first-order valence-corrected chi connectivity index (χ1v) is 8.16. The number of aryl methyl sites for hydroxylation is 2. The number of non-ortho nitro benzene ring substituents is 1. The van der Waals surface area contributed by atoms with Crippen LogP contribution in [0.1, 0.15) is 40.9 Å². The van der Waals surface area contributed by atoms with Crippen LogP contribution in [-0.2, 0) is 19.4 Å². The van der Waals surface area contributed by atoms with Crippen LogP contribution in [0.4, 0.5) is 5.69 Å². The predicted octanol–water partition coefficient (Wildman–Crippen LogP) is 4.30. The Morgan fingerprint density at radius 2 is 1.88 bits per heavy atom. The highest BCUT2D eigenvalue weighted by molar-refractivity contribution is 6.33. The van der Waals surface area contributed by atoms with Gasteiger partial charge in [0.2, 0.25) is 0 Å². The summed E-state index contributed by atoms with van der Waals surface area (Å²) < 4.78 is 0. The first-order valence-electron chi connectivity index (χ1n) is 7.79. The van der Waals surface area contributed by atoms with Gasteiger partial charge in [0.05, 0.1) is 15.5 Å². The van der Waals surface area contributed by atoms with E-state index >= 15 is 0 Å². The monoisotopic (exact) mass is 346 g/mol. The van der Waals surface area contributed by atoms with Crippen molar-refractivity contribution in [2.75, 3.05) is 0 Å². The first kappa shape index (κ1) is 17.9. The summed E-state index contributed by atoms with van der Waals surface area (Å²) >= 11 is 6.00. The highest BCUT2D eigenvalue weighted by Gasteiger charge is 2.16. The van der Waals surface area contributed by atoms with E-state index in [1.807, 2.05) is 0 Å². The molecule has 0 aliphatic carbocycles. The summed E-state index contributed by atoms with van der Waals surface area (Å²) in [4.78, 5) is 22.7. The normalized spacial score (nSPS) is 10.5. The number of nitrogens with one attached hydrogen (secondary N) is 1. The fourth-order valence-electron chi connectivity index (χ4n) is 2.48. The molecule has 0 saturated carbocycles. The minimum atomic E-state index is -0.549. The standard InChI is InChI=1S/C18H19ClN2O3/c1-3-12-5-6-13(4-2)14(9-12)11-20-18(22)16-10-15(21(23)24)7-8-17(16)19/h5-10H,3-4,11H2,1-2H3,(H,20,22). The van der Waals surface area contributed by atoms with Gasteiger partial charge in [0.25, 0.3) is 11.6 Å². The molecule has 1 amide bonds. The minimum Gasteiger partial charge on any atom is -0.348 e. The molecule has 1 N–H and O–H groups in total. The number of amides is 1. The lowest BCUT2D eigenvalue weighted by atomic mass is 10.0. The van der Waals surface area contributed by atoms with Gasteiger partial charge in [-0.25, -0.2) is 0 Å². The van der Waals surface area contributed by atoms with Crippen molar-refractivity contribution in [1.82, 2.24) is 5.32 Å². The molecule has 0 saturated heterocycles. The van der Waals surface area contributed by atoms with E-state index in [0.29, 0.717) is 6.54 Å². The van der Waals surface area contributed by atoms with Crippen LogP contribution in [0.15, 0.2) is 36.4 Å². The van der Waals surface area contributed by atoms with E-state index in [1.54, 1.807) is 0 Å². The summed E-state index contributed by atoms with van der Waals surface area (Å²) in [5.74, 6) is -0.423. The Kier molecular flexibility index (Phi) is 5.93. The van der Waals surface area contributed by atoms with Gasteiger partial charge >= 0.3 is 0 Å². The number of carbonyl (C=O) groups is 1. The van der Waals surface area contributed by atoms with Crippen LogP contribution in [0.25, 0.3) is 0 Å². The summed E-state index contributed by atoms with van der Waals surface area (Å²) in [5, 5.41) is 13.8. The molecule has 5 nitrogen and oxygen atoms in total. The fraction of sp³-hybridized carbons (Fsp3) is 0.278. The number of halogens is 1. The van der Waals surface area contributed by atoms with E-state index in [4.69, 9.17) is 11.6 Å². The van der Waals surface area contributed by atoms with Gasteiger partial charge in [-0.3, -0.25) is 14.9 Å². The molecule has 6 heteroatoms. The third-order valence-electron chi connectivity index (χ3n) is 3.90. The van der Waals surface area contributed by atoms with Crippen LogP contribution in [0, 0.1) is 10.1 Å². The molecule has 0 bridgehead atoms. The molecule has 0 spiro atoms. The molecule has 126 valence electrons. The van der Waals surface area contributed by atoms with Crippen molar-refractivity contribution in [1.29, 1.82) is 0 Å². The van der Waals surface area contributed by atoms with Crippen molar-refractivity contribution in [2.45, 2.75) is 33.2 Å². The van der Waals surface area contributed by atoms with Gasteiger partial charge in [-0.15, -0.1) is 0 Å². The van der Waals surface area contributed by atoms with Crippen LogP contribution in [0.2, 0.25) is 5.02 Å². The van der Waals surface area contributed by atoms with E-state index in [9.17, 15) is 14.9 Å². The zero-order chi connectivity index (χ0) is 17.7. The highest BCUT2D eigenvalue weighted by Crippen LogP contribution is 2.22. The van der Waals surface area contributed by atoms with Gasteiger partial charge in [-0.1, -0.05) is 43.6 Å². The number of nitrogens with zero attached hydrogens (tertiary/aromatic N) is 1. The number of hydrogen-bond donors (Lipinski definition) is 1. The lowest BCUT2D eigenvalue weighted by Gasteiger charge is -2.12. The molecule has 0 aliphatic heterocycles. The maximum absolute atomic E-state index is 12.3. The van der Waals surface area contributed by atoms with Crippen LogP contribution in [-0.4, -0.2) is 10.8 Å². The summed E-state index contributed by atoms with van der Waals surface area (Å²) in [6.45, 7) is 4.49. The molecule has 2 aromatic carbocycles. The van der Waals surface area contributed by atoms with Crippen molar-refractivity contribution in [3.63, 3.8) is 0 Å². The third-order valence-corrected chi connectivity index (χ3v) is 4.23. The maximum atomic E-state index is 12.3. The van der Waals surface area contributed by atoms with Gasteiger partial charge in [-0.05, 0) is 35.6 Å². The van der Waals surface area contributed by atoms with Crippen molar-refractivity contribution < 1.29 is 9.72 Å². The second kappa shape index (κ2) is 7.93. The van der Waals surface area contributed by atoms with Crippen molar-refractivity contribution in [3.05, 3.63) is 73.8 Å². The number of nitro benzene ring substituents is 1. The number of hydrogen-bond acceptors (Lipinski definition) is 3. The molecular weight excluding hydrogens is 328 g/mol. The minimum absolute atomic E-state index is 0.107. The van der Waals surface area contributed by atoms with Crippen molar-refractivity contribution >= 4 is 23.2 Å². The number of rotatable bonds is 6.